The Labute approximate surface area is 254 Å². The average Bonchev–Trinajstić information content (AvgIpc) is 3.18. The van der Waals surface area contributed by atoms with Crippen molar-refractivity contribution in [2.24, 2.45) is 5.92 Å². The molecule has 0 aromatic carbocycles. The maximum atomic E-state index is 13.9. The van der Waals surface area contributed by atoms with Crippen LogP contribution in [0.15, 0.2) is 35.4 Å². The van der Waals surface area contributed by atoms with Crippen LogP contribution in [-0.4, -0.2) is 66.6 Å². The highest BCUT2D eigenvalue weighted by atomic mass is 32.2. The fourth-order valence-electron chi connectivity index (χ4n) is 5.47. The largest absolute Gasteiger partial charge is 0.447 e. The highest BCUT2D eigenvalue weighted by Gasteiger charge is 2.42. The average molecular weight is 613 g/mol. The number of hydrogen-bond donors (Lipinski definition) is 2. The Hall–Kier alpha value is -3.67. The molecule has 1 saturated heterocycles. The lowest BCUT2D eigenvalue weighted by molar-refractivity contribution is 0.0799. The van der Waals surface area contributed by atoms with E-state index in [4.69, 9.17) is 15.5 Å². The van der Waals surface area contributed by atoms with Gasteiger partial charge in [0.1, 0.15) is 11.6 Å². The summed E-state index contributed by atoms with van der Waals surface area (Å²) in [5, 5.41) is -0.347. The van der Waals surface area contributed by atoms with E-state index in [0.29, 0.717) is 37.8 Å². The molecule has 2 amide bonds. The summed E-state index contributed by atoms with van der Waals surface area (Å²) in [7, 11) is -4.32. The van der Waals surface area contributed by atoms with Crippen molar-refractivity contribution in [3.05, 3.63) is 47.2 Å². The summed E-state index contributed by atoms with van der Waals surface area (Å²) in [6.45, 7) is 17.6. The van der Waals surface area contributed by atoms with Crippen molar-refractivity contribution in [1.29, 1.82) is 0 Å². The number of nitrogen functional groups attached to an aromatic ring is 1. The lowest BCUT2D eigenvalue weighted by Crippen LogP contribution is -2.44. The molecule has 2 aromatic heterocycles. The molecule has 43 heavy (non-hydrogen) atoms. The van der Waals surface area contributed by atoms with Crippen LogP contribution in [0.5, 0.6) is 0 Å². The molecule has 0 saturated carbocycles. The first-order valence-corrected chi connectivity index (χ1v) is 16.2. The highest BCUT2D eigenvalue weighted by Crippen LogP contribution is 2.42. The molecule has 3 N–H and O–H groups in total. The number of ether oxygens (including phenoxy) is 1. The van der Waals surface area contributed by atoms with Gasteiger partial charge in [0.05, 0.1) is 17.4 Å². The Morgan fingerprint density at radius 2 is 1.86 bits per heavy atom. The van der Waals surface area contributed by atoms with Gasteiger partial charge in [-0.2, -0.15) is 8.42 Å². The first-order chi connectivity index (χ1) is 19.9. The van der Waals surface area contributed by atoms with Crippen molar-refractivity contribution in [2.75, 3.05) is 30.3 Å². The van der Waals surface area contributed by atoms with Crippen LogP contribution in [0.3, 0.4) is 0 Å². The van der Waals surface area contributed by atoms with Gasteiger partial charge in [-0.3, -0.25) is 4.79 Å². The number of nitrogens with one attached hydrogen (secondary N) is 1. The summed E-state index contributed by atoms with van der Waals surface area (Å²) in [4.78, 5) is 39.2. The number of carbonyl (C=O) groups is 2. The quantitative estimate of drug-likeness (QED) is 0.472. The molecule has 4 rings (SSSR count). The summed E-state index contributed by atoms with van der Waals surface area (Å²) >= 11 is 0. The SMILES string of the molecule is CC(C)OC(=O)N1CC=C(c2cc(C(=O)NS(=O)(=O)c3cccc(N)n3)c(N3CCC(C)C3(C)C)nc2C(C)(C)C)CC1. The van der Waals surface area contributed by atoms with E-state index < -0.39 is 21.3 Å². The maximum Gasteiger partial charge on any atom is 0.410 e. The molecule has 4 heterocycles. The molecule has 0 aliphatic carbocycles. The number of carbonyl (C=O) groups excluding carboxylic acids is 2. The Morgan fingerprint density at radius 3 is 2.40 bits per heavy atom. The summed E-state index contributed by atoms with van der Waals surface area (Å²) < 4.78 is 34.0. The fourth-order valence-corrected chi connectivity index (χ4v) is 6.41. The smallest absolute Gasteiger partial charge is 0.410 e. The van der Waals surface area contributed by atoms with Crippen molar-refractivity contribution < 1.29 is 22.7 Å². The second-order valence-corrected chi connectivity index (χ2v) is 14.8. The molecule has 1 atom stereocenters. The molecule has 0 radical (unpaired) electrons. The minimum atomic E-state index is -4.32. The van der Waals surface area contributed by atoms with Gasteiger partial charge in [-0.05, 0) is 70.2 Å². The Kier molecular flexibility index (Phi) is 8.84. The lowest BCUT2D eigenvalue weighted by atomic mass is 9.83. The second kappa shape index (κ2) is 11.8. The number of nitrogens with zero attached hydrogens (tertiary/aromatic N) is 4. The minimum Gasteiger partial charge on any atom is -0.447 e. The van der Waals surface area contributed by atoms with E-state index in [2.05, 4.69) is 56.1 Å². The minimum absolute atomic E-state index is 0.0258. The topological polar surface area (TPSA) is 148 Å². The molecule has 11 nitrogen and oxygen atoms in total. The van der Waals surface area contributed by atoms with E-state index >= 15 is 0 Å². The van der Waals surface area contributed by atoms with E-state index in [-0.39, 0.29) is 34.1 Å². The van der Waals surface area contributed by atoms with Crippen molar-refractivity contribution in [3.8, 4) is 0 Å². The van der Waals surface area contributed by atoms with Crippen molar-refractivity contribution in [3.63, 3.8) is 0 Å². The first kappa shape index (κ1) is 32.2. The predicted molar refractivity (Wildman–Crippen MR) is 167 cm³/mol. The van der Waals surface area contributed by atoms with Crippen molar-refractivity contribution in [1.82, 2.24) is 19.6 Å². The maximum absolute atomic E-state index is 13.9. The highest BCUT2D eigenvalue weighted by molar-refractivity contribution is 7.90. The molecule has 2 aliphatic heterocycles. The van der Waals surface area contributed by atoms with Gasteiger partial charge in [-0.15, -0.1) is 0 Å². The van der Waals surface area contributed by atoms with Gasteiger partial charge in [0.15, 0.2) is 5.03 Å². The zero-order chi connectivity index (χ0) is 31.9. The van der Waals surface area contributed by atoms with Gasteiger partial charge in [-0.25, -0.2) is 19.5 Å². The first-order valence-electron chi connectivity index (χ1n) is 14.7. The number of sulfonamides is 1. The zero-order valence-corrected chi connectivity index (χ0v) is 27.2. The molecule has 0 spiro atoms. The van der Waals surface area contributed by atoms with Crippen LogP contribution < -0.4 is 15.4 Å². The standard InChI is InChI=1S/C31H44N6O5S/c1-19(2)42-29(39)36-15-13-21(14-16-36)22-18-23(28(38)35-43(40,41)25-11-9-10-24(32)33-25)27(34-26(22)30(4,5)6)37-17-12-20(3)31(37,7)8/h9-11,13,18-20H,12,14-17H2,1-8H3,(H2,32,33)(H,35,38). The van der Waals surface area contributed by atoms with E-state index in [9.17, 15) is 18.0 Å². The van der Waals surface area contributed by atoms with Gasteiger partial charge in [0.2, 0.25) is 0 Å². The van der Waals surface area contributed by atoms with Gasteiger partial charge < -0.3 is 20.3 Å². The van der Waals surface area contributed by atoms with Crippen LogP contribution >= 0.6 is 0 Å². The number of amides is 2. The normalized spacial score (nSPS) is 18.9. The molecule has 1 unspecified atom stereocenters. The van der Waals surface area contributed by atoms with Crippen LogP contribution in [0.2, 0.25) is 0 Å². The van der Waals surface area contributed by atoms with Gasteiger partial charge in [0.25, 0.3) is 15.9 Å². The van der Waals surface area contributed by atoms with Gasteiger partial charge in [-0.1, -0.05) is 39.8 Å². The number of aromatic nitrogens is 2. The molecule has 12 heteroatoms. The van der Waals surface area contributed by atoms with E-state index in [1.54, 1.807) is 11.0 Å². The van der Waals surface area contributed by atoms with Crippen LogP contribution in [0.25, 0.3) is 5.57 Å². The van der Waals surface area contributed by atoms with Crippen LogP contribution in [-0.2, 0) is 20.2 Å². The number of pyridine rings is 2. The number of hydrogen-bond acceptors (Lipinski definition) is 9. The molecular formula is C31H44N6O5S. The van der Waals surface area contributed by atoms with Crippen LogP contribution in [0.4, 0.5) is 16.4 Å². The molecule has 2 aliphatic rings. The number of rotatable bonds is 6. The van der Waals surface area contributed by atoms with Gasteiger partial charge >= 0.3 is 6.09 Å². The Balaban J connectivity index is 1.84. The summed E-state index contributed by atoms with van der Waals surface area (Å²) in [5.41, 5.74) is 7.62. The van der Waals surface area contributed by atoms with E-state index in [0.717, 1.165) is 23.3 Å². The summed E-state index contributed by atoms with van der Waals surface area (Å²) in [6, 6.07) is 5.98. The number of nitrogens with two attached hydrogens (primary N) is 1. The molecule has 0 bridgehead atoms. The number of anilines is 2. The second-order valence-electron chi connectivity index (χ2n) is 13.2. The molecular weight excluding hydrogens is 568 g/mol. The van der Waals surface area contributed by atoms with Crippen molar-refractivity contribution in [2.45, 2.75) is 90.3 Å². The monoisotopic (exact) mass is 612 g/mol. The molecule has 2 aromatic rings. The zero-order valence-electron chi connectivity index (χ0n) is 26.4. The van der Waals surface area contributed by atoms with Crippen LogP contribution in [0.1, 0.15) is 89.8 Å². The fraction of sp³-hybridized carbons (Fsp3) is 0.548. The van der Waals surface area contributed by atoms with Crippen molar-refractivity contribution >= 4 is 39.2 Å². The van der Waals surface area contributed by atoms with E-state index in [1.807, 2.05) is 19.9 Å². The third-order valence-electron chi connectivity index (χ3n) is 8.30. The lowest BCUT2D eigenvalue weighted by Gasteiger charge is -2.38. The molecule has 234 valence electrons. The van der Waals surface area contributed by atoms with E-state index in [1.165, 1.54) is 18.2 Å². The summed E-state index contributed by atoms with van der Waals surface area (Å²) in [6.07, 6.45) is 2.78. The third-order valence-corrected chi connectivity index (χ3v) is 9.53. The summed E-state index contributed by atoms with van der Waals surface area (Å²) in [5.74, 6) is -0.0178. The molecule has 1 fully saturated rings. The predicted octanol–water partition coefficient (Wildman–Crippen LogP) is 4.73. The Bertz CT molecular complexity index is 1540. The van der Waals surface area contributed by atoms with Crippen LogP contribution in [0, 0.1) is 5.92 Å². The Morgan fingerprint density at radius 1 is 1.16 bits per heavy atom. The third kappa shape index (κ3) is 6.79. The van der Waals surface area contributed by atoms with Gasteiger partial charge in [0, 0.05) is 36.2 Å².